The number of ether oxygens (including phenoxy) is 2. The van der Waals surface area contributed by atoms with E-state index in [-0.39, 0.29) is 31.2 Å². The molecule has 0 spiro atoms. The molecule has 1 unspecified atom stereocenters. The van der Waals surface area contributed by atoms with Gasteiger partial charge in [-0.25, -0.2) is 8.42 Å². The molecular formula is C28H39N3O5S. The smallest absolute Gasteiger partial charge is 0.246 e. The van der Waals surface area contributed by atoms with Crippen molar-refractivity contribution in [1.82, 2.24) is 14.5 Å². The molecule has 2 heterocycles. The van der Waals surface area contributed by atoms with E-state index in [9.17, 15) is 13.2 Å². The van der Waals surface area contributed by atoms with Crippen LogP contribution in [0.4, 0.5) is 0 Å². The molecule has 1 atom stereocenters. The fraction of sp³-hybridized carbons (Fsp3) is 0.536. The number of piperidine rings is 1. The Balaban J connectivity index is 1.24. The van der Waals surface area contributed by atoms with Crippen molar-refractivity contribution in [3.8, 4) is 5.75 Å². The van der Waals surface area contributed by atoms with E-state index in [0.717, 1.165) is 45.3 Å². The van der Waals surface area contributed by atoms with Crippen LogP contribution in [0.2, 0.25) is 0 Å². The van der Waals surface area contributed by atoms with E-state index < -0.39 is 10.0 Å². The van der Waals surface area contributed by atoms with Crippen LogP contribution in [0.25, 0.3) is 0 Å². The van der Waals surface area contributed by atoms with Crippen LogP contribution in [-0.2, 0) is 26.1 Å². The number of likely N-dealkylation sites (tertiary alicyclic amines) is 1. The summed E-state index contributed by atoms with van der Waals surface area (Å²) in [7, 11) is -2.11. The minimum atomic E-state index is -3.68. The van der Waals surface area contributed by atoms with Crippen LogP contribution in [0, 0.1) is 13.8 Å². The second-order valence-electron chi connectivity index (χ2n) is 10.1. The van der Waals surface area contributed by atoms with Gasteiger partial charge >= 0.3 is 0 Å². The number of nitrogens with zero attached hydrogens (tertiary/aromatic N) is 2. The van der Waals surface area contributed by atoms with Crippen LogP contribution in [0.3, 0.4) is 0 Å². The predicted molar refractivity (Wildman–Crippen MR) is 143 cm³/mol. The van der Waals surface area contributed by atoms with Gasteiger partial charge < -0.3 is 14.8 Å². The molecule has 2 aliphatic rings. The summed E-state index contributed by atoms with van der Waals surface area (Å²) < 4.78 is 39.6. The zero-order valence-corrected chi connectivity index (χ0v) is 22.9. The standard InChI is InChI=1S/C28H39N3O5S/c1-21-16-26(35-3)17-22(2)28(21)37(33,34)31-13-7-10-25(31)19-36-20-27(32)29-24-11-14-30(15-12-24)18-23-8-5-4-6-9-23/h4-6,8-9,16-17,24-25H,7,10-15,18-20H2,1-3H3,(H,29,32). The maximum Gasteiger partial charge on any atom is 0.246 e. The van der Waals surface area contributed by atoms with Gasteiger partial charge in [0.15, 0.2) is 0 Å². The monoisotopic (exact) mass is 529 g/mol. The lowest BCUT2D eigenvalue weighted by Crippen LogP contribution is -2.45. The molecular weight excluding hydrogens is 490 g/mol. The number of hydrogen-bond acceptors (Lipinski definition) is 6. The van der Waals surface area contributed by atoms with Gasteiger partial charge in [-0.15, -0.1) is 0 Å². The van der Waals surface area contributed by atoms with Gasteiger partial charge in [0.2, 0.25) is 15.9 Å². The van der Waals surface area contributed by atoms with E-state index in [1.807, 2.05) is 6.07 Å². The number of benzene rings is 2. The molecule has 1 N–H and O–H groups in total. The highest BCUT2D eigenvalue weighted by atomic mass is 32.2. The third-order valence-electron chi connectivity index (χ3n) is 7.30. The summed E-state index contributed by atoms with van der Waals surface area (Å²) in [6.07, 6.45) is 3.31. The summed E-state index contributed by atoms with van der Waals surface area (Å²) >= 11 is 0. The molecule has 2 fully saturated rings. The number of nitrogens with one attached hydrogen (secondary N) is 1. The quantitative estimate of drug-likeness (QED) is 0.508. The number of amides is 1. The van der Waals surface area contributed by atoms with E-state index >= 15 is 0 Å². The third-order valence-corrected chi connectivity index (χ3v) is 9.56. The fourth-order valence-electron chi connectivity index (χ4n) is 5.48. The molecule has 0 aromatic heterocycles. The van der Waals surface area contributed by atoms with Crippen LogP contribution < -0.4 is 10.1 Å². The minimum absolute atomic E-state index is 0.0603. The first-order valence-corrected chi connectivity index (χ1v) is 14.5. The lowest BCUT2D eigenvalue weighted by molar-refractivity contribution is -0.127. The van der Waals surface area contributed by atoms with Gasteiger partial charge in [0.1, 0.15) is 12.4 Å². The average Bonchev–Trinajstić information content (AvgIpc) is 3.35. The number of aryl methyl sites for hydroxylation is 2. The van der Waals surface area contributed by atoms with E-state index in [1.54, 1.807) is 33.1 Å². The van der Waals surface area contributed by atoms with Crippen molar-refractivity contribution in [3.63, 3.8) is 0 Å². The lowest BCUT2D eigenvalue weighted by Gasteiger charge is -2.32. The molecule has 0 radical (unpaired) electrons. The van der Waals surface area contributed by atoms with E-state index in [1.165, 1.54) is 9.87 Å². The molecule has 2 aromatic rings. The molecule has 0 bridgehead atoms. The second-order valence-corrected chi connectivity index (χ2v) is 11.9. The summed E-state index contributed by atoms with van der Waals surface area (Å²) in [6.45, 7) is 7.00. The molecule has 4 rings (SSSR count). The zero-order chi connectivity index (χ0) is 26.4. The van der Waals surface area contributed by atoms with Crippen LogP contribution in [0.5, 0.6) is 5.75 Å². The van der Waals surface area contributed by atoms with E-state index in [0.29, 0.717) is 28.3 Å². The molecule has 37 heavy (non-hydrogen) atoms. The molecule has 2 aromatic carbocycles. The Labute approximate surface area is 221 Å². The van der Waals surface area contributed by atoms with Crippen LogP contribution in [-0.4, -0.2) is 75.6 Å². The molecule has 8 nitrogen and oxygen atoms in total. The van der Waals surface area contributed by atoms with Crippen molar-refractivity contribution in [2.75, 3.05) is 40.0 Å². The van der Waals surface area contributed by atoms with Gasteiger partial charge in [-0.3, -0.25) is 9.69 Å². The van der Waals surface area contributed by atoms with E-state index in [4.69, 9.17) is 9.47 Å². The average molecular weight is 530 g/mol. The topological polar surface area (TPSA) is 88.2 Å². The molecule has 0 saturated carbocycles. The fourth-order valence-corrected chi connectivity index (χ4v) is 7.57. The van der Waals surface area contributed by atoms with Crippen molar-refractivity contribution >= 4 is 15.9 Å². The van der Waals surface area contributed by atoms with Crippen LogP contribution >= 0.6 is 0 Å². The maximum atomic E-state index is 13.5. The summed E-state index contributed by atoms with van der Waals surface area (Å²) in [5, 5.41) is 3.09. The second kappa shape index (κ2) is 12.4. The first kappa shape index (κ1) is 27.6. The Bertz CT molecular complexity index is 1140. The first-order valence-electron chi connectivity index (χ1n) is 13.1. The van der Waals surface area contributed by atoms with Gasteiger partial charge in [-0.1, -0.05) is 30.3 Å². The first-order chi connectivity index (χ1) is 17.8. The molecule has 0 aliphatic carbocycles. The third kappa shape index (κ3) is 6.90. The molecule has 1 amide bonds. The Morgan fingerprint density at radius 3 is 2.35 bits per heavy atom. The SMILES string of the molecule is COc1cc(C)c(S(=O)(=O)N2CCCC2COCC(=O)NC2CCN(Cc3ccccc3)CC2)c(C)c1. The molecule has 2 saturated heterocycles. The van der Waals surface area contributed by atoms with E-state index in [2.05, 4.69) is 34.5 Å². The summed E-state index contributed by atoms with van der Waals surface area (Å²) in [5.41, 5.74) is 2.63. The van der Waals surface area contributed by atoms with Gasteiger partial charge in [0.05, 0.1) is 18.6 Å². The lowest BCUT2D eigenvalue weighted by atomic mass is 10.0. The van der Waals surface area contributed by atoms with Crippen LogP contribution in [0.1, 0.15) is 42.4 Å². The number of hydrogen-bond donors (Lipinski definition) is 1. The van der Waals surface area contributed by atoms with Gasteiger partial charge in [0, 0.05) is 38.3 Å². The zero-order valence-electron chi connectivity index (χ0n) is 22.1. The molecule has 9 heteroatoms. The largest absolute Gasteiger partial charge is 0.497 e. The van der Waals surface area contributed by atoms with Gasteiger partial charge in [-0.05, 0) is 68.4 Å². The summed E-state index contributed by atoms with van der Waals surface area (Å²) in [6, 6.07) is 13.8. The Morgan fingerprint density at radius 2 is 1.70 bits per heavy atom. The highest BCUT2D eigenvalue weighted by Crippen LogP contribution is 2.32. The number of sulfonamides is 1. The van der Waals surface area contributed by atoms with Crippen molar-refractivity contribution in [1.29, 1.82) is 0 Å². The Hall–Kier alpha value is -2.46. The molecule has 2 aliphatic heterocycles. The maximum absolute atomic E-state index is 13.5. The molecule has 202 valence electrons. The summed E-state index contributed by atoms with van der Waals surface area (Å²) in [5.74, 6) is 0.499. The minimum Gasteiger partial charge on any atom is -0.497 e. The normalized spacial score (nSPS) is 19.7. The van der Waals surface area contributed by atoms with Gasteiger partial charge in [0.25, 0.3) is 0 Å². The number of carbonyl (C=O) groups is 1. The Kier molecular flexibility index (Phi) is 9.23. The highest BCUT2D eigenvalue weighted by molar-refractivity contribution is 7.89. The van der Waals surface area contributed by atoms with Gasteiger partial charge in [-0.2, -0.15) is 4.31 Å². The highest BCUT2D eigenvalue weighted by Gasteiger charge is 2.37. The van der Waals surface area contributed by atoms with Crippen LogP contribution in [0.15, 0.2) is 47.4 Å². The number of methoxy groups -OCH3 is 1. The van der Waals surface area contributed by atoms with Crippen molar-refractivity contribution < 1.29 is 22.7 Å². The predicted octanol–water partition coefficient (Wildman–Crippen LogP) is 3.26. The number of rotatable bonds is 10. The van der Waals surface area contributed by atoms with Crippen molar-refractivity contribution in [3.05, 3.63) is 59.2 Å². The Morgan fingerprint density at radius 1 is 1.03 bits per heavy atom. The van der Waals surface area contributed by atoms with Crippen molar-refractivity contribution in [2.45, 2.75) is 63.1 Å². The summed E-state index contributed by atoms with van der Waals surface area (Å²) in [4.78, 5) is 15.3. The van der Waals surface area contributed by atoms with Crippen molar-refractivity contribution in [2.24, 2.45) is 0 Å². The number of carbonyl (C=O) groups excluding carboxylic acids is 1.